The van der Waals surface area contributed by atoms with Gasteiger partial charge in [0.1, 0.15) is 0 Å². The van der Waals surface area contributed by atoms with Crippen molar-refractivity contribution < 1.29 is 0 Å². The Bertz CT molecular complexity index is 182. The molecule has 2 atom stereocenters. The molecule has 2 saturated carbocycles. The van der Waals surface area contributed by atoms with Gasteiger partial charge in [0.15, 0.2) is 0 Å². The topological polar surface area (TPSA) is 26.0 Å². The molecule has 0 aliphatic heterocycles. The summed E-state index contributed by atoms with van der Waals surface area (Å²) >= 11 is 0. The summed E-state index contributed by atoms with van der Waals surface area (Å²) in [5.74, 6) is 1.73. The summed E-state index contributed by atoms with van der Waals surface area (Å²) in [4.78, 5) is 0. The number of nitrogens with two attached hydrogens (primary N) is 1. The van der Waals surface area contributed by atoms with E-state index in [0.29, 0.717) is 0 Å². The van der Waals surface area contributed by atoms with Crippen molar-refractivity contribution in [2.24, 2.45) is 17.6 Å². The van der Waals surface area contributed by atoms with E-state index in [-0.39, 0.29) is 5.54 Å². The molecule has 0 radical (unpaired) electrons. The van der Waals surface area contributed by atoms with Crippen molar-refractivity contribution in [1.82, 2.24) is 0 Å². The summed E-state index contributed by atoms with van der Waals surface area (Å²) < 4.78 is 0. The summed E-state index contributed by atoms with van der Waals surface area (Å²) in [5, 5.41) is 0. The summed E-state index contributed by atoms with van der Waals surface area (Å²) in [7, 11) is 0. The van der Waals surface area contributed by atoms with Crippen LogP contribution in [0.4, 0.5) is 0 Å². The predicted octanol–water partition coefficient (Wildman–Crippen LogP) is 3.47. The van der Waals surface area contributed by atoms with Crippen molar-refractivity contribution in [3.63, 3.8) is 0 Å². The Morgan fingerprint density at radius 2 is 1.79 bits per heavy atom. The van der Waals surface area contributed by atoms with Crippen molar-refractivity contribution >= 4 is 0 Å². The first kappa shape index (κ1) is 10.5. The van der Waals surface area contributed by atoms with Gasteiger partial charge in [-0.1, -0.05) is 39.0 Å². The van der Waals surface area contributed by atoms with Gasteiger partial charge in [-0.05, 0) is 37.5 Å². The summed E-state index contributed by atoms with van der Waals surface area (Å²) in [6, 6.07) is 0. The van der Waals surface area contributed by atoms with Gasteiger partial charge in [-0.3, -0.25) is 0 Å². The summed E-state index contributed by atoms with van der Waals surface area (Å²) in [6.07, 6.45) is 12.6. The third-order valence-electron chi connectivity index (χ3n) is 4.45. The van der Waals surface area contributed by atoms with Crippen LogP contribution in [-0.4, -0.2) is 5.54 Å². The second-order valence-electron chi connectivity index (χ2n) is 5.49. The van der Waals surface area contributed by atoms with Crippen molar-refractivity contribution in [2.75, 3.05) is 0 Å². The van der Waals surface area contributed by atoms with Gasteiger partial charge in [0, 0.05) is 5.54 Å². The van der Waals surface area contributed by atoms with Crippen LogP contribution in [0.25, 0.3) is 0 Å². The molecule has 0 aromatic rings. The highest BCUT2D eigenvalue weighted by Crippen LogP contribution is 2.52. The van der Waals surface area contributed by atoms with E-state index in [1.807, 2.05) is 0 Å². The minimum Gasteiger partial charge on any atom is -0.325 e. The number of rotatable bonds is 3. The van der Waals surface area contributed by atoms with Gasteiger partial charge >= 0.3 is 0 Å². The predicted molar refractivity (Wildman–Crippen MR) is 61.1 cm³/mol. The Morgan fingerprint density at radius 3 is 2.36 bits per heavy atom. The average Bonchev–Trinajstić information content (AvgIpc) is 2.87. The maximum Gasteiger partial charge on any atom is 0.0215 e. The Morgan fingerprint density at radius 1 is 1.14 bits per heavy atom. The van der Waals surface area contributed by atoms with Crippen LogP contribution in [0.1, 0.15) is 64.7 Å². The fraction of sp³-hybridized carbons (Fsp3) is 1.00. The molecular weight excluding hydrogens is 170 g/mol. The molecule has 0 aromatic carbocycles. The number of hydrogen-bond donors (Lipinski definition) is 1. The second-order valence-corrected chi connectivity index (χ2v) is 5.49. The van der Waals surface area contributed by atoms with E-state index in [4.69, 9.17) is 5.73 Å². The fourth-order valence-corrected chi connectivity index (χ4v) is 3.40. The molecule has 1 heteroatoms. The Kier molecular flexibility index (Phi) is 3.16. The lowest BCUT2D eigenvalue weighted by atomic mass is 9.88. The molecular formula is C13H25N. The highest BCUT2D eigenvalue weighted by Gasteiger charge is 2.54. The summed E-state index contributed by atoms with van der Waals surface area (Å²) in [6.45, 7) is 2.28. The molecule has 1 nitrogen and oxygen atoms in total. The van der Waals surface area contributed by atoms with Crippen LogP contribution >= 0.6 is 0 Å². The van der Waals surface area contributed by atoms with Crippen LogP contribution in [0.5, 0.6) is 0 Å². The van der Waals surface area contributed by atoms with Crippen LogP contribution in [0, 0.1) is 11.8 Å². The van der Waals surface area contributed by atoms with Crippen LogP contribution in [-0.2, 0) is 0 Å². The number of hydrogen-bond acceptors (Lipinski definition) is 1. The molecule has 2 aliphatic carbocycles. The molecule has 2 unspecified atom stereocenters. The van der Waals surface area contributed by atoms with Crippen molar-refractivity contribution in [3.05, 3.63) is 0 Å². The van der Waals surface area contributed by atoms with Crippen LogP contribution < -0.4 is 5.73 Å². The second kappa shape index (κ2) is 4.22. The molecule has 0 bridgehead atoms. The van der Waals surface area contributed by atoms with Gasteiger partial charge < -0.3 is 5.73 Å². The Balaban J connectivity index is 1.87. The standard InChI is InChI=1S/C13H25N/c1-2-7-12-10-13(12,14)11-8-5-3-4-6-9-11/h11-12H,2-10,14H2,1H3. The van der Waals surface area contributed by atoms with E-state index in [2.05, 4.69) is 6.92 Å². The quantitative estimate of drug-likeness (QED) is 0.686. The lowest BCUT2D eigenvalue weighted by Gasteiger charge is -2.23. The minimum atomic E-state index is 0.278. The molecule has 0 saturated heterocycles. The van der Waals surface area contributed by atoms with Gasteiger partial charge in [0.25, 0.3) is 0 Å². The SMILES string of the molecule is CCCC1CC1(N)C1CCCCCC1. The third-order valence-corrected chi connectivity index (χ3v) is 4.45. The molecule has 0 spiro atoms. The molecule has 2 rings (SSSR count). The zero-order valence-electron chi connectivity index (χ0n) is 9.60. The molecule has 2 fully saturated rings. The van der Waals surface area contributed by atoms with E-state index in [1.54, 1.807) is 0 Å². The first-order valence-corrected chi connectivity index (χ1v) is 6.56. The molecule has 0 amide bonds. The zero-order chi connectivity index (χ0) is 10.0. The van der Waals surface area contributed by atoms with Crippen LogP contribution in [0.15, 0.2) is 0 Å². The normalized spacial score (nSPS) is 39.4. The van der Waals surface area contributed by atoms with E-state index >= 15 is 0 Å². The van der Waals surface area contributed by atoms with Crippen molar-refractivity contribution in [1.29, 1.82) is 0 Å². The highest BCUT2D eigenvalue weighted by atomic mass is 14.9. The highest BCUT2D eigenvalue weighted by molar-refractivity contribution is 5.11. The lowest BCUT2D eigenvalue weighted by Crippen LogP contribution is -2.34. The van der Waals surface area contributed by atoms with Gasteiger partial charge in [-0.2, -0.15) is 0 Å². The maximum absolute atomic E-state index is 6.52. The van der Waals surface area contributed by atoms with Gasteiger partial charge in [0.05, 0.1) is 0 Å². The minimum absolute atomic E-state index is 0.278. The molecule has 14 heavy (non-hydrogen) atoms. The van der Waals surface area contributed by atoms with Crippen molar-refractivity contribution in [3.8, 4) is 0 Å². The molecule has 0 heterocycles. The van der Waals surface area contributed by atoms with Gasteiger partial charge in [-0.15, -0.1) is 0 Å². The van der Waals surface area contributed by atoms with Gasteiger partial charge in [-0.25, -0.2) is 0 Å². The first-order chi connectivity index (χ1) is 6.77. The monoisotopic (exact) mass is 195 g/mol. The third kappa shape index (κ3) is 1.98. The van der Waals surface area contributed by atoms with E-state index in [1.165, 1.54) is 57.8 Å². The van der Waals surface area contributed by atoms with Crippen LogP contribution in [0.2, 0.25) is 0 Å². The zero-order valence-corrected chi connectivity index (χ0v) is 9.60. The largest absolute Gasteiger partial charge is 0.325 e. The molecule has 0 aromatic heterocycles. The lowest BCUT2D eigenvalue weighted by molar-refractivity contribution is 0.331. The van der Waals surface area contributed by atoms with Crippen molar-refractivity contribution in [2.45, 2.75) is 70.3 Å². The smallest absolute Gasteiger partial charge is 0.0215 e. The Labute approximate surface area is 88.4 Å². The van der Waals surface area contributed by atoms with E-state index < -0.39 is 0 Å². The molecule has 2 aliphatic rings. The molecule has 82 valence electrons. The molecule has 2 N–H and O–H groups in total. The van der Waals surface area contributed by atoms with Crippen LogP contribution in [0.3, 0.4) is 0 Å². The van der Waals surface area contributed by atoms with Gasteiger partial charge in [0.2, 0.25) is 0 Å². The maximum atomic E-state index is 6.52. The fourth-order valence-electron chi connectivity index (χ4n) is 3.40. The first-order valence-electron chi connectivity index (χ1n) is 6.56. The van der Waals surface area contributed by atoms with E-state index in [0.717, 1.165) is 11.8 Å². The van der Waals surface area contributed by atoms with E-state index in [9.17, 15) is 0 Å². The average molecular weight is 195 g/mol. The summed E-state index contributed by atoms with van der Waals surface area (Å²) in [5.41, 5.74) is 6.80. The Hall–Kier alpha value is -0.0400.